The highest BCUT2D eigenvalue weighted by molar-refractivity contribution is 5.74. The molecule has 1 aliphatic carbocycles. The molecular weight excluding hydrogens is 280 g/mol. The van der Waals surface area contributed by atoms with E-state index in [0.29, 0.717) is 12.4 Å². The Balaban J connectivity index is 1.49. The van der Waals surface area contributed by atoms with E-state index in [1.54, 1.807) is 12.5 Å². The lowest BCUT2D eigenvalue weighted by molar-refractivity contribution is 0.145. The van der Waals surface area contributed by atoms with Gasteiger partial charge in [0.15, 0.2) is 0 Å². The van der Waals surface area contributed by atoms with Crippen molar-refractivity contribution in [1.82, 2.24) is 24.4 Å². The molecule has 1 aliphatic heterocycles. The zero-order valence-corrected chi connectivity index (χ0v) is 12.1. The van der Waals surface area contributed by atoms with Crippen molar-refractivity contribution in [1.29, 1.82) is 0 Å². The first-order valence-electron chi connectivity index (χ1n) is 7.39. The van der Waals surface area contributed by atoms with Crippen molar-refractivity contribution in [2.45, 2.75) is 18.6 Å². The average molecular weight is 298 g/mol. The molecule has 0 radical (unpaired) electrons. The maximum Gasteiger partial charge on any atom is 0.130 e. The van der Waals surface area contributed by atoms with Crippen LogP contribution in [0.2, 0.25) is 0 Å². The number of imidazole rings is 1. The molecule has 0 spiro atoms. The summed E-state index contributed by atoms with van der Waals surface area (Å²) in [4.78, 5) is 14.7. The smallest absolute Gasteiger partial charge is 0.130 e. The van der Waals surface area contributed by atoms with Crippen LogP contribution >= 0.6 is 0 Å². The molecule has 114 valence electrons. The molecule has 2 aromatic rings. The van der Waals surface area contributed by atoms with Gasteiger partial charge < -0.3 is 15.4 Å². The molecule has 0 amide bonds. The van der Waals surface area contributed by atoms with E-state index in [-0.39, 0.29) is 12.1 Å². The third kappa shape index (κ3) is 2.18. The van der Waals surface area contributed by atoms with E-state index in [1.807, 2.05) is 10.8 Å². The van der Waals surface area contributed by atoms with Gasteiger partial charge in [0.25, 0.3) is 0 Å². The predicted molar refractivity (Wildman–Crippen MR) is 81.8 cm³/mol. The Labute approximate surface area is 128 Å². The van der Waals surface area contributed by atoms with Crippen molar-refractivity contribution < 1.29 is 5.11 Å². The number of hydrogen-bond donors (Lipinski definition) is 2. The van der Waals surface area contributed by atoms with Gasteiger partial charge >= 0.3 is 0 Å². The highest BCUT2D eigenvalue weighted by Crippen LogP contribution is 2.31. The quantitative estimate of drug-likeness (QED) is 0.835. The molecule has 3 N–H and O–H groups in total. The highest BCUT2D eigenvalue weighted by atomic mass is 16.3. The van der Waals surface area contributed by atoms with Crippen LogP contribution in [0.1, 0.15) is 17.3 Å². The Hall–Kier alpha value is -2.25. The van der Waals surface area contributed by atoms with Gasteiger partial charge in [0.05, 0.1) is 24.2 Å². The van der Waals surface area contributed by atoms with Gasteiger partial charge in [-0.3, -0.25) is 4.90 Å². The first-order valence-corrected chi connectivity index (χ1v) is 7.39. The molecule has 0 saturated carbocycles. The van der Waals surface area contributed by atoms with Crippen molar-refractivity contribution in [3.8, 4) is 0 Å². The Morgan fingerprint density at radius 1 is 1.32 bits per heavy atom. The standard InChI is InChI=1S/C15H18N6O/c16-15-11-2-1-10(14(11)18-8-19-15)5-20-6-12(13(22)7-20)21-4-3-17-9-21/h1,3-4,8-9,12-13,22H,2,5-7H2,(H2,16,18,19)/t12-,13-/m0/s1. The second-order valence-electron chi connectivity index (χ2n) is 5.86. The van der Waals surface area contributed by atoms with Crippen LogP contribution in [-0.4, -0.2) is 55.3 Å². The van der Waals surface area contributed by atoms with Gasteiger partial charge in [0.2, 0.25) is 0 Å². The lowest BCUT2D eigenvalue weighted by Gasteiger charge is -2.17. The molecule has 3 heterocycles. The lowest BCUT2D eigenvalue weighted by atomic mass is 10.2. The average Bonchev–Trinajstić information content (AvgIpc) is 3.20. The summed E-state index contributed by atoms with van der Waals surface area (Å²) in [7, 11) is 0. The first kappa shape index (κ1) is 13.4. The molecule has 2 aromatic heterocycles. The fourth-order valence-electron chi connectivity index (χ4n) is 3.34. The Bertz CT molecular complexity index is 711. The number of aliphatic hydroxyl groups excluding tert-OH is 1. The zero-order valence-electron chi connectivity index (χ0n) is 12.1. The van der Waals surface area contributed by atoms with Crippen LogP contribution in [0, 0.1) is 0 Å². The molecule has 0 bridgehead atoms. The number of nitrogen functional groups attached to an aromatic ring is 1. The van der Waals surface area contributed by atoms with Crippen LogP contribution in [0.4, 0.5) is 5.82 Å². The van der Waals surface area contributed by atoms with Gasteiger partial charge in [-0.05, 0) is 12.0 Å². The third-order valence-electron chi connectivity index (χ3n) is 4.47. The number of allylic oxidation sites excluding steroid dienone is 1. The minimum Gasteiger partial charge on any atom is -0.390 e. The topological polar surface area (TPSA) is 93.1 Å². The van der Waals surface area contributed by atoms with Crippen LogP contribution in [0.3, 0.4) is 0 Å². The summed E-state index contributed by atoms with van der Waals surface area (Å²) in [6.07, 6.45) is 9.48. The van der Waals surface area contributed by atoms with Crippen molar-refractivity contribution >= 4 is 11.4 Å². The zero-order chi connectivity index (χ0) is 15.1. The van der Waals surface area contributed by atoms with Crippen molar-refractivity contribution in [2.75, 3.05) is 25.4 Å². The molecule has 7 heteroatoms. The van der Waals surface area contributed by atoms with Gasteiger partial charge in [0, 0.05) is 37.6 Å². The maximum atomic E-state index is 10.3. The maximum absolute atomic E-state index is 10.3. The Morgan fingerprint density at radius 3 is 3.05 bits per heavy atom. The van der Waals surface area contributed by atoms with Crippen LogP contribution in [-0.2, 0) is 6.42 Å². The van der Waals surface area contributed by atoms with Crippen LogP contribution < -0.4 is 5.73 Å². The van der Waals surface area contributed by atoms with Gasteiger partial charge in [-0.2, -0.15) is 0 Å². The monoisotopic (exact) mass is 298 g/mol. The van der Waals surface area contributed by atoms with E-state index in [0.717, 1.165) is 30.8 Å². The number of β-amino-alcohol motifs (C(OH)–C–C–N with tert-alkyl or cyclic N) is 1. The van der Waals surface area contributed by atoms with E-state index in [9.17, 15) is 5.11 Å². The molecule has 0 unspecified atom stereocenters. The highest BCUT2D eigenvalue weighted by Gasteiger charge is 2.33. The molecule has 1 fully saturated rings. The molecule has 22 heavy (non-hydrogen) atoms. The number of likely N-dealkylation sites (tertiary alicyclic amines) is 1. The van der Waals surface area contributed by atoms with E-state index in [4.69, 9.17) is 5.73 Å². The van der Waals surface area contributed by atoms with E-state index in [2.05, 4.69) is 25.9 Å². The Morgan fingerprint density at radius 2 is 2.23 bits per heavy atom. The van der Waals surface area contributed by atoms with Gasteiger partial charge in [-0.15, -0.1) is 0 Å². The predicted octanol–water partition coefficient (Wildman–Crippen LogP) is 0.113. The van der Waals surface area contributed by atoms with E-state index in [1.165, 1.54) is 11.9 Å². The number of nitrogens with two attached hydrogens (primary N) is 1. The van der Waals surface area contributed by atoms with Crippen LogP contribution in [0.15, 0.2) is 31.1 Å². The van der Waals surface area contributed by atoms with Crippen LogP contribution in [0.25, 0.3) is 5.57 Å². The minimum absolute atomic E-state index is 0.0550. The van der Waals surface area contributed by atoms with Crippen molar-refractivity contribution in [2.24, 2.45) is 0 Å². The number of nitrogens with zero attached hydrogens (tertiary/aromatic N) is 5. The summed E-state index contributed by atoms with van der Waals surface area (Å²) < 4.78 is 1.97. The first-order chi connectivity index (χ1) is 10.7. The molecule has 4 rings (SSSR count). The summed E-state index contributed by atoms with van der Waals surface area (Å²) in [6.45, 7) is 2.21. The number of hydrogen-bond acceptors (Lipinski definition) is 6. The molecule has 7 nitrogen and oxygen atoms in total. The summed E-state index contributed by atoms with van der Waals surface area (Å²) in [5, 5.41) is 10.3. The van der Waals surface area contributed by atoms with E-state index >= 15 is 0 Å². The summed E-state index contributed by atoms with van der Waals surface area (Å²) >= 11 is 0. The van der Waals surface area contributed by atoms with E-state index < -0.39 is 0 Å². The largest absolute Gasteiger partial charge is 0.390 e. The summed E-state index contributed by atoms with van der Waals surface area (Å²) in [5.74, 6) is 0.564. The molecular formula is C15H18N6O. The van der Waals surface area contributed by atoms with Crippen molar-refractivity contribution in [3.63, 3.8) is 0 Å². The third-order valence-corrected chi connectivity index (χ3v) is 4.47. The SMILES string of the molecule is Nc1ncnc2c1CC=C2CN1C[C@H](O)[C@@H](n2ccnc2)C1. The number of anilines is 1. The molecule has 1 saturated heterocycles. The lowest BCUT2D eigenvalue weighted by Crippen LogP contribution is -2.24. The summed E-state index contributed by atoms with van der Waals surface area (Å²) in [5.41, 5.74) is 9.04. The van der Waals surface area contributed by atoms with Gasteiger partial charge in [0.1, 0.15) is 12.1 Å². The second kappa shape index (κ2) is 5.19. The van der Waals surface area contributed by atoms with Crippen LogP contribution in [0.5, 0.6) is 0 Å². The van der Waals surface area contributed by atoms with Gasteiger partial charge in [-0.25, -0.2) is 15.0 Å². The summed E-state index contributed by atoms with van der Waals surface area (Å²) in [6, 6.07) is 0.0550. The minimum atomic E-state index is -0.383. The fraction of sp³-hybridized carbons (Fsp3) is 0.400. The fourth-order valence-corrected chi connectivity index (χ4v) is 3.34. The molecule has 2 aliphatic rings. The molecule has 2 atom stereocenters. The Kier molecular flexibility index (Phi) is 3.16. The molecule has 0 aromatic carbocycles. The number of aliphatic hydroxyl groups is 1. The van der Waals surface area contributed by atoms with Gasteiger partial charge in [-0.1, -0.05) is 6.08 Å². The second-order valence-corrected chi connectivity index (χ2v) is 5.86. The number of aromatic nitrogens is 4. The number of fused-ring (bicyclic) bond motifs is 1. The normalized spacial score (nSPS) is 24.5. The number of rotatable bonds is 3. The van der Waals surface area contributed by atoms with Crippen molar-refractivity contribution in [3.05, 3.63) is 42.4 Å².